The van der Waals surface area contributed by atoms with Crippen molar-refractivity contribution in [2.45, 2.75) is 50.6 Å². The molecule has 6 heteroatoms. The minimum absolute atomic E-state index is 0.0127. The summed E-state index contributed by atoms with van der Waals surface area (Å²) in [6, 6.07) is 0.317. The van der Waals surface area contributed by atoms with Crippen LogP contribution in [0.1, 0.15) is 26.3 Å². The largest absolute Gasteiger partial charge is 0.455 e. The molecule has 0 spiro atoms. The fraction of sp³-hybridized carbons (Fsp3) is 0.714. The third-order valence-electron chi connectivity index (χ3n) is 3.73. The Morgan fingerprint density at radius 2 is 1.80 bits per heavy atom. The number of aromatic nitrogens is 2. The van der Waals surface area contributed by atoms with Gasteiger partial charge in [0, 0.05) is 12.4 Å². The van der Waals surface area contributed by atoms with Gasteiger partial charge in [0.1, 0.15) is 18.3 Å². The van der Waals surface area contributed by atoms with Crippen molar-refractivity contribution in [2.24, 2.45) is 0 Å². The normalized spacial score (nSPS) is 33.2. The van der Waals surface area contributed by atoms with E-state index in [0.717, 1.165) is 5.56 Å². The second-order valence-corrected chi connectivity index (χ2v) is 6.32. The van der Waals surface area contributed by atoms with Gasteiger partial charge in [0.2, 0.25) is 0 Å². The molecule has 2 aliphatic heterocycles. The monoisotopic (exact) mass is 280 g/mol. The minimum Gasteiger partial charge on any atom is -0.455 e. The van der Waals surface area contributed by atoms with E-state index in [1.54, 1.807) is 12.4 Å². The number of nitrogens with zero attached hydrogens (tertiary/aromatic N) is 2. The van der Waals surface area contributed by atoms with Crippen molar-refractivity contribution >= 4 is 0 Å². The number of fused-ring (bicyclic) bond motifs is 1. The van der Waals surface area contributed by atoms with Crippen LogP contribution in [0.3, 0.4) is 0 Å². The van der Waals surface area contributed by atoms with E-state index >= 15 is 0 Å². The highest BCUT2D eigenvalue weighted by Gasteiger charge is 2.48. The molecule has 0 amide bonds. The summed E-state index contributed by atoms with van der Waals surface area (Å²) < 4.78 is 16.7. The Morgan fingerprint density at radius 1 is 1.15 bits per heavy atom. The summed E-state index contributed by atoms with van der Waals surface area (Å²) in [4.78, 5) is 8.47. The first-order chi connectivity index (χ1) is 9.45. The zero-order chi connectivity index (χ0) is 14.3. The number of rotatable bonds is 2. The smallest absolute Gasteiger partial charge is 0.316 e. The lowest BCUT2D eigenvalue weighted by atomic mass is 9.89. The molecular formula is C14H20N2O4. The van der Waals surface area contributed by atoms with Crippen LogP contribution in [0.15, 0.2) is 12.4 Å². The average molecular weight is 280 g/mol. The Bertz CT molecular complexity index is 471. The third kappa shape index (κ3) is 2.51. The van der Waals surface area contributed by atoms with Crippen molar-refractivity contribution < 1.29 is 19.3 Å². The molecule has 1 unspecified atom stereocenters. The van der Waals surface area contributed by atoms with Crippen molar-refractivity contribution in [3.8, 4) is 6.01 Å². The number of aliphatic hydroxyl groups is 1. The maximum Gasteiger partial charge on any atom is 0.316 e. The lowest BCUT2D eigenvalue weighted by molar-refractivity contribution is 0.00678. The van der Waals surface area contributed by atoms with Gasteiger partial charge < -0.3 is 19.3 Å². The van der Waals surface area contributed by atoms with Gasteiger partial charge in [0.05, 0.1) is 13.2 Å². The number of hydrogen-bond donors (Lipinski definition) is 1. The highest BCUT2D eigenvalue weighted by Crippen LogP contribution is 2.29. The van der Waals surface area contributed by atoms with Gasteiger partial charge in [-0.25, -0.2) is 9.97 Å². The Kier molecular flexibility index (Phi) is 3.40. The summed E-state index contributed by atoms with van der Waals surface area (Å²) in [6.07, 6.45) is 2.18. The molecule has 110 valence electrons. The van der Waals surface area contributed by atoms with E-state index in [1.807, 2.05) is 0 Å². The number of aliphatic hydroxyl groups excluding tert-OH is 1. The molecule has 4 atom stereocenters. The molecule has 0 radical (unpaired) electrons. The Morgan fingerprint density at radius 3 is 2.45 bits per heavy atom. The second-order valence-electron chi connectivity index (χ2n) is 6.32. The summed E-state index contributed by atoms with van der Waals surface area (Å²) in [7, 11) is 0. The van der Waals surface area contributed by atoms with Gasteiger partial charge in [-0.1, -0.05) is 20.8 Å². The van der Waals surface area contributed by atoms with E-state index in [4.69, 9.17) is 14.2 Å². The Labute approximate surface area is 118 Å². The molecule has 1 aromatic heterocycles. The van der Waals surface area contributed by atoms with E-state index in [-0.39, 0.29) is 23.7 Å². The van der Waals surface area contributed by atoms with Gasteiger partial charge >= 0.3 is 6.01 Å². The minimum atomic E-state index is -0.571. The lowest BCUT2D eigenvalue weighted by Crippen LogP contribution is -2.35. The third-order valence-corrected chi connectivity index (χ3v) is 3.73. The van der Waals surface area contributed by atoms with Crippen molar-refractivity contribution in [1.29, 1.82) is 0 Å². The molecular weight excluding hydrogens is 260 g/mol. The van der Waals surface area contributed by atoms with Crippen LogP contribution in [0, 0.1) is 0 Å². The van der Waals surface area contributed by atoms with Gasteiger partial charge in [0.15, 0.2) is 6.10 Å². The van der Waals surface area contributed by atoms with Gasteiger partial charge in [-0.05, 0) is 11.0 Å². The van der Waals surface area contributed by atoms with Crippen LogP contribution in [0.5, 0.6) is 6.01 Å². The van der Waals surface area contributed by atoms with Crippen LogP contribution in [0.2, 0.25) is 0 Å². The molecule has 20 heavy (non-hydrogen) atoms. The molecule has 0 saturated carbocycles. The van der Waals surface area contributed by atoms with Crippen LogP contribution >= 0.6 is 0 Å². The molecule has 0 aromatic carbocycles. The van der Waals surface area contributed by atoms with E-state index < -0.39 is 6.10 Å². The van der Waals surface area contributed by atoms with Crippen LogP contribution in [0.25, 0.3) is 0 Å². The van der Waals surface area contributed by atoms with E-state index in [1.165, 1.54) is 0 Å². The maximum atomic E-state index is 9.67. The van der Waals surface area contributed by atoms with Crippen LogP contribution < -0.4 is 4.74 Å². The van der Waals surface area contributed by atoms with Gasteiger partial charge in [-0.3, -0.25) is 0 Å². The van der Waals surface area contributed by atoms with Crippen molar-refractivity contribution in [3.63, 3.8) is 0 Å². The lowest BCUT2D eigenvalue weighted by Gasteiger charge is -2.19. The zero-order valence-corrected chi connectivity index (χ0v) is 11.9. The van der Waals surface area contributed by atoms with Crippen molar-refractivity contribution in [1.82, 2.24) is 9.97 Å². The predicted molar refractivity (Wildman–Crippen MR) is 70.6 cm³/mol. The zero-order valence-electron chi connectivity index (χ0n) is 11.9. The van der Waals surface area contributed by atoms with Crippen LogP contribution in [0.4, 0.5) is 0 Å². The summed E-state index contributed by atoms with van der Waals surface area (Å²) in [5.41, 5.74) is 1.07. The van der Waals surface area contributed by atoms with Gasteiger partial charge in [0.25, 0.3) is 0 Å². The van der Waals surface area contributed by atoms with Gasteiger partial charge in [-0.15, -0.1) is 0 Å². The summed E-state index contributed by atoms with van der Waals surface area (Å²) in [6.45, 7) is 7.00. The fourth-order valence-electron chi connectivity index (χ4n) is 2.44. The molecule has 0 aliphatic carbocycles. The van der Waals surface area contributed by atoms with E-state index in [0.29, 0.717) is 19.2 Å². The Hall–Kier alpha value is -1.24. The summed E-state index contributed by atoms with van der Waals surface area (Å²) in [5, 5.41) is 9.67. The molecule has 1 aromatic rings. The standard InChI is InChI=1S/C14H20N2O4/c1-14(2,3)8-4-15-13(16-5-8)20-10-7-19-11-9(17)6-18-12(10)11/h4-5,9-12,17H,6-7H2,1-3H3/t9-,10?,11-,12-/m1/s1. The number of hydrogen-bond acceptors (Lipinski definition) is 6. The van der Waals surface area contributed by atoms with Crippen LogP contribution in [-0.2, 0) is 14.9 Å². The highest BCUT2D eigenvalue weighted by atomic mass is 16.6. The number of ether oxygens (including phenoxy) is 3. The van der Waals surface area contributed by atoms with E-state index in [9.17, 15) is 5.11 Å². The SMILES string of the molecule is CC(C)(C)c1cnc(OC2CO[C@@H]3[C@H](O)CO[C@H]23)nc1. The average Bonchev–Trinajstić information content (AvgIpc) is 2.94. The molecule has 2 fully saturated rings. The highest BCUT2D eigenvalue weighted by molar-refractivity contribution is 5.16. The quantitative estimate of drug-likeness (QED) is 0.859. The predicted octanol–water partition coefficient (Wildman–Crippen LogP) is 0.680. The van der Waals surface area contributed by atoms with Crippen molar-refractivity contribution in [3.05, 3.63) is 18.0 Å². The summed E-state index contributed by atoms with van der Waals surface area (Å²) >= 11 is 0. The molecule has 1 N–H and O–H groups in total. The molecule has 3 heterocycles. The molecule has 2 saturated heterocycles. The molecule has 2 aliphatic rings. The van der Waals surface area contributed by atoms with Crippen LogP contribution in [-0.4, -0.2) is 52.7 Å². The first-order valence-electron chi connectivity index (χ1n) is 6.85. The maximum absolute atomic E-state index is 9.67. The topological polar surface area (TPSA) is 73.7 Å². The Balaban J connectivity index is 1.67. The molecule has 0 bridgehead atoms. The fourth-order valence-corrected chi connectivity index (χ4v) is 2.44. The van der Waals surface area contributed by atoms with Crippen molar-refractivity contribution in [2.75, 3.05) is 13.2 Å². The second kappa shape index (κ2) is 4.95. The molecule has 3 rings (SSSR count). The summed E-state index contributed by atoms with van der Waals surface area (Å²) in [5.74, 6) is 0. The first-order valence-corrected chi connectivity index (χ1v) is 6.85. The van der Waals surface area contributed by atoms with E-state index in [2.05, 4.69) is 30.7 Å². The first kappa shape index (κ1) is 13.7. The molecule has 6 nitrogen and oxygen atoms in total. The van der Waals surface area contributed by atoms with Gasteiger partial charge in [-0.2, -0.15) is 0 Å².